The monoisotopic (exact) mass is 454 g/mol. The van der Waals surface area contributed by atoms with Crippen LogP contribution in [0.4, 0.5) is 0 Å². The first kappa shape index (κ1) is 22.4. The van der Waals surface area contributed by atoms with Gasteiger partial charge in [-0.05, 0) is 30.4 Å². The molecule has 1 saturated carbocycles. The Hall–Kier alpha value is -1.37. The number of ether oxygens (including phenoxy) is 4. The standard InChI is InChI=1S/C27H34O4S/c1-4-10-21(11-5-1)17-28-19-23-16-24-26(31-27(30-24)14-8-3-9-15-27)25(20-32-23)29-18-22-12-6-2-7-13-22/h1-2,4-7,10-13,23-26H,3,8-9,14-20H2/t23-,24-,25+,26-/m1/s1. The molecule has 1 spiro atoms. The highest BCUT2D eigenvalue weighted by Gasteiger charge is 2.52. The van der Waals surface area contributed by atoms with E-state index < -0.39 is 0 Å². The summed E-state index contributed by atoms with van der Waals surface area (Å²) in [5, 5.41) is 0.388. The van der Waals surface area contributed by atoms with Crippen LogP contribution in [-0.4, -0.2) is 41.7 Å². The molecule has 2 saturated heterocycles. The van der Waals surface area contributed by atoms with E-state index in [1.807, 2.05) is 23.9 Å². The highest BCUT2D eigenvalue weighted by atomic mass is 32.2. The van der Waals surface area contributed by atoms with E-state index in [1.54, 1.807) is 0 Å². The van der Waals surface area contributed by atoms with Crippen LogP contribution in [0.5, 0.6) is 0 Å². The van der Waals surface area contributed by atoms with Crippen molar-refractivity contribution in [3.63, 3.8) is 0 Å². The third kappa shape index (κ3) is 5.57. The summed E-state index contributed by atoms with van der Waals surface area (Å²) in [5.74, 6) is 0.520. The van der Waals surface area contributed by atoms with Gasteiger partial charge in [0.15, 0.2) is 5.79 Å². The van der Waals surface area contributed by atoms with E-state index in [2.05, 4.69) is 48.5 Å². The van der Waals surface area contributed by atoms with Gasteiger partial charge >= 0.3 is 0 Å². The van der Waals surface area contributed by atoms with Crippen molar-refractivity contribution in [3.8, 4) is 0 Å². The van der Waals surface area contributed by atoms with Gasteiger partial charge in [0.2, 0.25) is 0 Å². The average molecular weight is 455 g/mol. The Morgan fingerprint density at radius 1 is 0.844 bits per heavy atom. The number of rotatable bonds is 7. The lowest BCUT2D eigenvalue weighted by atomic mass is 9.94. The highest BCUT2D eigenvalue weighted by Crippen LogP contribution is 2.45. The molecule has 0 amide bonds. The lowest BCUT2D eigenvalue weighted by Crippen LogP contribution is -2.39. The van der Waals surface area contributed by atoms with Gasteiger partial charge in [0.1, 0.15) is 6.10 Å². The zero-order chi connectivity index (χ0) is 21.6. The quantitative estimate of drug-likeness (QED) is 0.533. The van der Waals surface area contributed by atoms with Crippen LogP contribution in [0.2, 0.25) is 0 Å². The molecule has 5 heteroatoms. The summed E-state index contributed by atoms with van der Waals surface area (Å²) in [6.07, 6.45) is 6.74. The number of thioether (sulfide) groups is 1. The second-order valence-electron chi connectivity index (χ2n) is 9.24. The molecule has 3 fully saturated rings. The first-order valence-corrected chi connectivity index (χ1v) is 13.1. The van der Waals surface area contributed by atoms with Gasteiger partial charge in [0.05, 0.1) is 32.0 Å². The van der Waals surface area contributed by atoms with Crippen LogP contribution in [0, 0.1) is 0 Å². The molecule has 2 heterocycles. The van der Waals surface area contributed by atoms with Gasteiger partial charge < -0.3 is 18.9 Å². The molecule has 0 unspecified atom stereocenters. The summed E-state index contributed by atoms with van der Waals surface area (Å²) < 4.78 is 25.9. The van der Waals surface area contributed by atoms with Crippen molar-refractivity contribution in [3.05, 3.63) is 71.8 Å². The molecule has 1 aliphatic carbocycles. The predicted molar refractivity (Wildman–Crippen MR) is 128 cm³/mol. The molecule has 2 aliphatic heterocycles. The summed E-state index contributed by atoms with van der Waals surface area (Å²) in [4.78, 5) is 0. The topological polar surface area (TPSA) is 36.9 Å². The van der Waals surface area contributed by atoms with Gasteiger partial charge in [-0.1, -0.05) is 67.1 Å². The second-order valence-corrected chi connectivity index (χ2v) is 10.6. The number of hydrogen-bond donors (Lipinski definition) is 0. The van der Waals surface area contributed by atoms with E-state index >= 15 is 0 Å². The van der Waals surface area contributed by atoms with Gasteiger partial charge in [-0.25, -0.2) is 0 Å². The van der Waals surface area contributed by atoms with Crippen LogP contribution in [0.15, 0.2) is 60.7 Å². The van der Waals surface area contributed by atoms with Crippen molar-refractivity contribution in [2.24, 2.45) is 0 Å². The summed E-state index contributed by atoms with van der Waals surface area (Å²) in [5.41, 5.74) is 2.42. The number of fused-ring (bicyclic) bond motifs is 1. The molecule has 2 aromatic carbocycles. The Balaban J connectivity index is 1.23. The minimum atomic E-state index is -0.389. The van der Waals surface area contributed by atoms with Crippen LogP contribution < -0.4 is 0 Å². The van der Waals surface area contributed by atoms with Crippen molar-refractivity contribution >= 4 is 11.8 Å². The third-order valence-electron chi connectivity index (χ3n) is 6.78. The van der Waals surface area contributed by atoms with Crippen LogP contribution in [0.1, 0.15) is 49.7 Å². The maximum Gasteiger partial charge on any atom is 0.169 e. The Morgan fingerprint density at radius 2 is 1.53 bits per heavy atom. The van der Waals surface area contributed by atoms with E-state index in [-0.39, 0.29) is 24.1 Å². The minimum Gasteiger partial charge on any atom is -0.376 e. The Labute approximate surface area is 196 Å². The predicted octanol–water partition coefficient (Wildman–Crippen LogP) is 5.74. The summed E-state index contributed by atoms with van der Waals surface area (Å²) in [6.45, 7) is 1.99. The molecule has 0 aromatic heterocycles. The SMILES string of the molecule is c1ccc(COC[C@H]2C[C@H]3OC4(CCCCC4)O[C@H]3[C@@H](OCc3ccccc3)CS2)cc1. The first-order valence-electron chi connectivity index (χ1n) is 12.0. The summed E-state index contributed by atoms with van der Waals surface area (Å²) >= 11 is 1.94. The maximum absolute atomic E-state index is 6.70. The maximum atomic E-state index is 6.70. The molecular formula is C27H34O4S. The first-order chi connectivity index (χ1) is 15.8. The normalized spacial score (nSPS) is 29.5. The molecule has 4 atom stereocenters. The summed E-state index contributed by atoms with van der Waals surface area (Å²) in [7, 11) is 0. The van der Waals surface area contributed by atoms with Crippen LogP contribution in [0.25, 0.3) is 0 Å². The molecule has 4 nitrogen and oxygen atoms in total. The minimum absolute atomic E-state index is 0.00318. The number of hydrogen-bond acceptors (Lipinski definition) is 5. The van der Waals surface area contributed by atoms with Gasteiger partial charge in [-0.2, -0.15) is 11.8 Å². The molecular weight excluding hydrogens is 420 g/mol. The van der Waals surface area contributed by atoms with E-state index in [4.69, 9.17) is 18.9 Å². The van der Waals surface area contributed by atoms with Gasteiger partial charge in [0, 0.05) is 23.8 Å². The molecule has 0 bridgehead atoms. The molecule has 2 aromatic rings. The second kappa shape index (κ2) is 10.7. The van der Waals surface area contributed by atoms with Crippen LogP contribution in [-0.2, 0) is 32.2 Å². The van der Waals surface area contributed by atoms with E-state index in [1.165, 1.54) is 30.4 Å². The van der Waals surface area contributed by atoms with Gasteiger partial charge in [0.25, 0.3) is 0 Å². The van der Waals surface area contributed by atoms with E-state index in [0.717, 1.165) is 31.6 Å². The Kier molecular flexibility index (Phi) is 7.50. The summed E-state index contributed by atoms with van der Waals surface area (Å²) in [6, 6.07) is 20.8. The van der Waals surface area contributed by atoms with Crippen molar-refractivity contribution < 1.29 is 18.9 Å². The molecule has 32 heavy (non-hydrogen) atoms. The highest BCUT2D eigenvalue weighted by molar-refractivity contribution is 8.00. The van der Waals surface area contributed by atoms with E-state index in [9.17, 15) is 0 Å². The molecule has 5 rings (SSSR count). The van der Waals surface area contributed by atoms with Crippen molar-refractivity contribution in [1.82, 2.24) is 0 Å². The smallest absolute Gasteiger partial charge is 0.169 e. The third-order valence-corrected chi connectivity index (χ3v) is 8.10. The molecule has 172 valence electrons. The molecule has 3 aliphatic rings. The fourth-order valence-electron chi connectivity index (χ4n) is 5.09. The average Bonchev–Trinajstić information content (AvgIpc) is 3.09. The fourth-order valence-corrected chi connectivity index (χ4v) is 6.36. The van der Waals surface area contributed by atoms with Gasteiger partial charge in [-0.3, -0.25) is 0 Å². The zero-order valence-electron chi connectivity index (χ0n) is 18.7. The fraction of sp³-hybridized carbons (Fsp3) is 0.556. The lowest BCUT2D eigenvalue weighted by Gasteiger charge is -2.33. The Morgan fingerprint density at radius 3 is 2.25 bits per heavy atom. The molecule has 0 N–H and O–H groups in total. The largest absolute Gasteiger partial charge is 0.376 e. The van der Waals surface area contributed by atoms with Crippen molar-refractivity contribution in [1.29, 1.82) is 0 Å². The van der Waals surface area contributed by atoms with E-state index in [0.29, 0.717) is 18.5 Å². The lowest BCUT2D eigenvalue weighted by molar-refractivity contribution is -0.202. The van der Waals surface area contributed by atoms with Crippen LogP contribution in [0.3, 0.4) is 0 Å². The molecule has 0 radical (unpaired) electrons. The van der Waals surface area contributed by atoms with Crippen molar-refractivity contribution in [2.75, 3.05) is 12.4 Å². The van der Waals surface area contributed by atoms with Crippen molar-refractivity contribution in [2.45, 2.75) is 81.1 Å². The number of benzene rings is 2. The van der Waals surface area contributed by atoms with Gasteiger partial charge in [-0.15, -0.1) is 0 Å². The zero-order valence-corrected chi connectivity index (χ0v) is 19.5. The Bertz CT molecular complexity index is 824. The van der Waals surface area contributed by atoms with Crippen LogP contribution >= 0.6 is 11.8 Å².